The van der Waals surface area contributed by atoms with Crippen LogP contribution in [0.4, 0.5) is 5.69 Å². The van der Waals surface area contributed by atoms with Crippen LogP contribution in [0, 0.1) is 5.92 Å². The van der Waals surface area contributed by atoms with E-state index >= 15 is 0 Å². The van der Waals surface area contributed by atoms with Crippen molar-refractivity contribution in [3.8, 4) is 5.75 Å². The number of carbonyl (C=O) groups excluding carboxylic acids is 1. The fraction of sp³-hybridized carbons (Fsp3) is 0.318. The van der Waals surface area contributed by atoms with Crippen LogP contribution in [0.1, 0.15) is 32.7 Å². The number of hydrogen-bond acceptors (Lipinski definition) is 5. The van der Waals surface area contributed by atoms with E-state index in [0.29, 0.717) is 27.7 Å². The fourth-order valence-electron chi connectivity index (χ4n) is 2.88. The number of amides is 1. The number of aromatic nitrogens is 3. The second kappa shape index (κ2) is 10.5. The van der Waals surface area contributed by atoms with E-state index in [1.54, 1.807) is 6.07 Å². The van der Waals surface area contributed by atoms with Crippen LogP contribution in [-0.2, 0) is 11.3 Å². The topological polar surface area (TPSA) is 69.0 Å². The zero-order valence-electron chi connectivity index (χ0n) is 17.2. The van der Waals surface area contributed by atoms with E-state index in [0.717, 1.165) is 12.2 Å². The van der Waals surface area contributed by atoms with Crippen LogP contribution >= 0.6 is 23.4 Å². The van der Waals surface area contributed by atoms with Crippen molar-refractivity contribution in [2.45, 2.75) is 38.6 Å². The standard InChI is InChI=1S/C22H25ClN4O2S/c1-15(2)13-27-21(16(3)29-19-12-8-7-11-18(19)23)25-26-22(27)30-14-20(28)24-17-9-5-4-6-10-17/h4-12,15-16H,13-14H2,1-3H3,(H,24,28). The molecule has 158 valence electrons. The Labute approximate surface area is 186 Å². The number of rotatable bonds is 9. The van der Waals surface area contributed by atoms with Crippen LogP contribution in [0.15, 0.2) is 59.8 Å². The van der Waals surface area contributed by atoms with Gasteiger partial charge in [0.05, 0.1) is 10.8 Å². The minimum atomic E-state index is -0.344. The molecule has 1 atom stereocenters. The molecule has 0 aliphatic rings. The number of thioether (sulfide) groups is 1. The number of anilines is 1. The maximum absolute atomic E-state index is 12.3. The van der Waals surface area contributed by atoms with E-state index in [4.69, 9.17) is 16.3 Å². The number of ether oxygens (including phenoxy) is 1. The van der Waals surface area contributed by atoms with Gasteiger partial charge in [-0.3, -0.25) is 4.79 Å². The summed E-state index contributed by atoms with van der Waals surface area (Å²) in [4.78, 5) is 12.3. The number of benzene rings is 2. The summed E-state index contributed by atoms with van der Waals surface area (Å²) < 4.78 is 8.05. The Morgan fingerprint density at radius 1 is 1.10 bits per heavy atom. The molecule has 1 amide bonds. The molecule has 8 heteroatoms. The van der Waals surface area contributed by atoms with Gasteiger partial charge in [-0.2, -0.15) is 0 Å². The normalized spacial score (nSPS) is 12.0. The van der Waals surface area contributed by atoms with Crippen LogP contribution in [0.25, 0.3) is 0 Å². The predicted octanol–water partition coefficient (Wildman–Crippen LogP) is 5.46. The van der Waals surface area contributed by atoms with Crippen LogP contribution in [0.2, 0.25) is 5.02 Å². The first kappa shape index (κ1) is 22.2. The van der Waals surface area contributed by atoms with E-state index in [1.165, 1.54) is 11.8 Å². The molecule has 1 N–H and O–H groups in total. The zero-order chi connectivity index (χ0) is 21.5. The molecule has 0 radical (unpaired) electrons. The Kier molecular flexibility index (Phi) is 7.76. The molecule has 3 aromatic rings. The van der Waals surface area contributed by atoms with Gasteiger partial charge < -0.3 is 14.6 Å². The molecule has 0 bridgehead atoms. The summed E-state index contributed by atoms with van der Waals surface area (Å²) in [7, 11) is 0. The summed E-state index contributed by atoms with van der Waals surface area (Å²) >= 11 is 7.58. The highest BCUT2D eigenvalue weighted by atomic mass is 35.5. The third-order valence-corrected chi connectivity index (χ3v) is 5.47. The van der Waals surface area contributed by atoms with Crippen molar-refractivity contribution in [1.29, 1.82) is 0 Å². The van der Waals surface area contributed by atoms with E-state index in [1.807, 2.05) is 60.0 Å². The quantitative estimate of drug-likeness (QED) is 0.444. The van der Waals surface area contributed by atoms with Gasteiger partial charge in [-0.25, -0.2) is 0 Å². The number of para-hydroxylation sites is 2. The Bertz CT molecular complexity index is 978. The summed E-state index contributed by atoms with van der Waals surface area (Å²) in [5, 5.41) is 12.8. The van der Waals surface area contributed by atoms with Crippen LogP contribution in [0.5, 0.6) is 5.75 Å². The van der Waals surface area contributed by atoms with Crippen molar-refractivity contribution in [3.63, 3.8) is 0 Å². The molecular weight excluding hydrogens is 420 g/mol. The summed E-state index contributed by atoms with van der Waals surface area (Å²) in [6.45, 7) is 6.89. The van der Waals surface area contributed by atoms with Gasteiger partial charge in [-0.1, -0.05) is 67.5 Å². The molecule has 0 saturated carbocycles. The molecule has 0 aliphatic heterocycles. The summed E-state index contributed by atoms with van der Waals surface area (Å²) in [6.07, 6.45) is -0.344. The Balaban J connectivity index is 1.71. The molecular formula is C22H25ClN4O2S. The van der Waals surface area contributed by atoms with Crippen LogP contribution in [-0.4, -0.2) is 26.4 Å². The maximum atomic E-state index is 12.3. The second-order valence-electron chi connectivity index (χ2n) is 7.24. The average molecular weight is 445 g/mol. The number of carbonyl (C=O) groups is 1. The van der Waals surface area contributed by atoms with Gasteiger partial charge in [0.25, 0.3) is 0 Å². The molecule has 0 saturated heterocycles. The molecule has 6 nitrogen and oxygen atoms in total. The molecule has 3 rings (SSSR count). The highest BCUT2D eigenvalue weighted by Crippen LogP contribution is 2.29. The van der Waals surface area contributed by atoms with Gasteiger partial charge in [-0.15, -0.1) is 10.2 Å². The summed E-state index contributed by atoms with van der Waals surface area (Å²) in [5.41, 5.74) is 0.772. The second-order valence-corrected chi connectivity index (χ2v) is 8.59. The Morgan fingerprint density at radius 2 is 1.80 bits per heavy atom. The van der Waals surface area contributed by atoms with Gasteiger partial charge in [-0.05, 0) is 37.1 Å². The van der Waals surface area contributed by atoms with Gasteiger partial charge in [0, 0.05) is 12.2 Å². The Hall–Kier alpha value is -2.51. The van der Waals surface area contributed by atoms with Crippen molar-refractivity contribution in [2.75, 3.05) is 11.1 Å². The number of nitrogens with zero attached hydrogens (tertiary/aromatic N) is 3. The van der Waals surface area contributed by atoms with Crippen molar-refractivity contribution >= 4 is 35.0 Å². The minimum Gasteiger partial charge on any atom is -0.481 e. The lowest BCUT2D eigenvalue weighted by Gasteiger charge is -2.18. The summed E-state index contributed by atoms with van der Waals surface area (Å²) in [5.74, 6) is 1.83. The number of halogens is 1. The molecule has 0 spiro atoms. The average Bonchev–Trinajstić information content (AvgIpc) is 3.11. The van der Waals surface area contributed by atoms with Gasteiger partial charge in [0.2, 0.25) is 5.91 Å². The van der Waals surface area contributed by atoms with Gasteiger partial charge in [0.15, 0.2) is 17.1 Å². The third-order valence-electron chi connectivity index (χ3n) is 4.19. The molecule has 2 aromatic carbocycles. The van der Waals surface area contributed by atoms with E-state index in [-0.39, 0.29) is 17.8 Å². The van der Waals surface area contributed by atoms with E-state index in [9.17, 15) is 4.79 Å². The van der Waals surface area contributed by atoms with Crippen LogP contribution in [0.3, 0.4) is 0 Å². The highest BCUT2D eigenvalue weighted by Gasteiger charge is 2.21. The fourth-order valence-corrected chi connectivity index (χ4v) is 3.81. The summed E-state index contributed by atoms with van der Waals surface area (Å²) in [6, 6.07) is 16.7. The largest absolute Gasteiger partial charge is 0.481 e. The van der Waals surface area contributed by atoms with Crippen molar-refractivity contribution in [3.05, 3.63) is 65.4 Å². The molecule has 1 heterocycles. The zero-order valence-corrected chi connectivity index (χ0v) is 18.8. The van der Waals surface area contributed by atoms with E-state index in [2.05, 4.69) is 29.4 Å². The number of nitrogens with one attached hydrogen (secondary N) is 1. The smallest absolute Gasteiger partial charge is 0.234 e. The SMILES string of the molecule is CC(C)Cn1c(SCC(=O)Nc2ccccc2)nnc1C(C)Oc1ccccc1Cl. The van der Waals surface area contributed by atoms with Crippen molar-refractivity contribution < 1.29 is 9.53 Å². The molecule has 0 fully saturated rings. The lowest BCUT2D eigenvalue weighted by Crippen LogP contribution is -2.17. The first-order valence-electron chi connectivity index (χ1n) is 9.76. The first-order chi connectivity index (χ1) is 14.4. The van der Waals surface area contributed by atoms with Gasteiger partial charge >= 0.3 is 0 Å². The van der Waals surface area contributed by atoms with Crippen molar-refractivity contribution in [1.82, 2.24) is 14.8 Å². The third kappa shape index (κ3) is 6.00. The Morgan fingerprint density at radius 3 is 2.50 bits per heavy atom. The lowest BCUT2D eigenvalue weighted by atomic mass is 10.2. The molecule has 30 heavy (non-hydrogen) atoms. The molecule has 0 aliphatic carbocycles. The van der Waals surface area contributed by atoms with Crippen LogP contribution < -0.4 is 10.1 Å². The number of hydrogen-bond donors (Lipinski definition) is 1. The van der Waals surface area contributed by atoms with E-state index < -0.39 is 0 Å². The highest BCUT2D eigenvalue weighted by molar-refractivity contribution is 7.99. The maximum Gasteiger partial charge on any atom is 0.234 e. The van der Waals surface area contributed by atoms with Gasteiger partial charge in [0.1, 0.15) is 5.75 Å². The first-order valence-corrected chi connectivity index (χ1v) is 11.1. The van der Waals surface area contributed by atoms with Crippen molar-refractivity contribution in [2.24, 2.45) is 5.92 Å². The molecule has 1 aromatic heterocycles. The minimum absolute atomic E-state index is 0.0905. The monoisotopic (exact) mass is 444 g/mol. The predicted molar refractivity (Wildman–Crippen MR) is 121 cm³/mol. The lowest BCUT2D eigenvalue weighted by molar-refractivity contribution is -0.113. The molecule has 1 unspecified atom stereocenters.